The van der Waals surface area contributed by atoms with E-state index in [1.54, 1.807) is 29.0 Å². The lowest BCUT2D eigenvalue weighted by Gasteiger charge is -2.40. The van der Waals surface area contributed by atoms with Gasteiger partial charge in [-0.2, -0.15) is 0 Å². The molecule has 5 atom stereocenters. The average molecular weight is 466 g/mol. The summed E-state index contributed by atoms with van der Waals surface area (Å²) in [6, 6.07) is 8.22. The van der Waals surface area contributed by atoms with Crippen molar-refractivity contribution < 1.29 is 34.3 Å². The lowest BCUT2D eigenvalue weighted by Crippen LogP contribution is -2.55. The molecule has 7 nitrogen and oxygen atoms in total. The molecule has 2 aromatic carbocycles. The maximum atomic E-state index is 14.6. The highest BCUT2D eigenvalue weighted by atomic mass is 35.5. The number of aryl methyl sites for hydroxylation is 1. The summed E-state index contributed by atoms with van der Waals surface area (Å²) in [6.45, 7) is 1.48. The molecular formula is C23H25ClFNO6. The molecular weight excluding hydrogens is 441 g/mol. The third-order valence-electron chi connectivity index (χ3n) is 5.90. The van der Waals surface area contributed by atoms with Crippen LogP contribution in [0.2, 0.25) is 5.02 Å². The molecule has 1 fully saturated rings. The Morgan fingerprint density at radius 1 is 1.12 bits per heavy atom. The Bertz CT molecular complexity index is 1130. The van der Waals surface area contributed by atoms with Gasteiger partial charge in [-0.05, 0) is 30.7 Å². The van der Waals surface area contributed by atoms with E-state index in [4.69, 9.17) is 21.1 Å². The van der Waals surface area contributed by atoms with E-state index in [1.165, 1.54) is 13.2 Å². The van der Waals surface area contributed by atoms with Crippen molar-refractivity contribution in [1.29, 1.82) is 0 Å². The molecule has 0 saturated carbocycles. The van der Waals surface area contributed by atoms with E-state index in [0.717, 1.165) is 5.56 Å². The second kappa shape index (κ2) is 8.97. The summed E-state index contributed by atoms with van der Waals surface area (Å²) in [7, 11) is 1.46. The normalized spacial score (nSPS) is 25.9. The van der Waals surface area contributed by atoms with Gasteiger partial charge in [0, 0.05) is 28.8 Å². The number of hydrogen-bond acceptors (Lipinski definition) is 6. The number of aliphatic hydroxyl groups excluding tert-OH is 4. The van der Waals surface area contributed by atoms with E-state index in [2.05, 4.69) is 0 Å². The summed E-state index contributed by atoms with van der Waals surface area (Å²) in [5.41, 5.74) is 2.39. The molecule has 0 spiro atoms. The first kappa shape index (κ1) is 23.0. The Hall–Kier alpha value is -2.20. The van der Waals surface area contributed by atoms with Crippen molar-refractivity contribution in [2.24, 2.45) is 0 Å². The molecule has 1 aliphatic rings. The highest BCUT2D eigenvalue weighted by Crippen LogP contribution is 2.39. The van der Waals surface area contributed by atoms with E-state index in [0.29, 0.717) is 32.8 Å². The minimum Gasteiger partial charge on any atom is -0.497 e. The van der Waals surface area contributed by atoms with Crippen molar-refractivity contribution >= 4 is 22.5 Å². The lowest BCUT2D eigenvalue weighted by molar-refractivity contribution is -0.231. The van der Waals surface area contributed by atoms with E-state index in [-0.39, 0.29) is 6.54 Å². The van der Waals surface area contributed by atoms with Gasteiger partial charge in [0.25, 0.3) is 0 Å². The maximum absolute atomic E-state index is 14.6. The van der Waals surface area contributed by atoms with Crippen molar-refractivity contribution in [3.63, 3.8) is 0 Å². The largest absolute Gasteiger partial charge is 0.497 e. The van der Waals surface area contributed by atoms with Crippen molar-refractivity contribution in [3.8, 4) is 5.75 Å². The Kier molecular flexibility index (Phi) is 6.44. The Morgan fingerprint density at radius 3 is 2.53 bits per heavy atom. The highest BCUT2D eigenvalue weighted by Gasteiger charge is 2.44. The van der Waals surface area contributed by atoms with Gasteiger partial charge in [0.15, 0.2) is 0 Å². The van der Waals surface area contributed by atoms with Crippen LogP contribution in [0.25, 0.3) is 10.9 Å². The van der Waals surface area contributed by atoms with Crippen LogP contribution in [0, 0.1) is 12.7 Å². The highest BCUT2D eigenvalue weighted by molar-refractivity contribution is 6.35. The zero-order valence-corrected chi connectivity index (χ0v) is 18.3. The molecule has 172 valence electrons. The van der Waals surface area contributed by atoms with E-state index in [9.17, 15) is 24.8 Å². The molecule has 0 amide bonds. The molecule has 3 aromatic rings. The van der Waals surface area contributed by atoms with Crippen LogP contribution < -0.4 is 4.74 Å². The van der Waals surface area contributed by atoms with Crippen LogP contribution in [-0.4, -0.2) is 63.1 Å². The van der Waals surface area contributed by atoms with Gasteiger partial charge >= 0.3 is 0 Å². The number of halogens is 2. The Balaban J connectivity index is 1.83. The van der Waals surface area contributed by atoms with Gasteiger partial charge < -0.3 is 34.5 Å². The molecule has 0 unspecified atom stereocenters. The molecule has 4 N–H and O–H groups in total. The monoisotopic (exact) mass is 465 g/mol. The van der Waals surface area contributed by atoms with Crippen LogP contribution in [0.4, 0.5) is 4.39 Å². The maximum Gasteiger partial charge on any atom is 0.131 e. The minimum atomic E-state index is -1.51. The van der Waals surface area contributed by atoms with Crippen molar-refractivity contribution in [1.82, 2.24) is 4.57 Å². The fourth-order valence-corrected chi connectivity index (χ4v) is 4.61. The Labute approximate surface area is 189 Å². The summed E-state index contributed by atoms with van der Waals surface area (Å²) < 4.78 is 27.2. The van der Waals surface area contributed by atoms with Gasteiger partial charge in [-0.15, -0.1) is 0 Å². The zero-order valence-electron chi connectivity index (χ0n) is 17.6. The summed E-state index contributed by atoms with van der Waals surface area (Å²) in [6.07, 6.45) is -4.80. The first-order valence-electron chi connectivity index (χ1n) is 10.2. The standard InChI is InChI=1S/C23H25ClFNO6/c1-11-5-14-15(23-22(30)21(29)20(28)18(10-27)32-23)9-26(19(14)16(24)6-11)8-12-3-4-13(31-2)7-17(12)25/h3-7,9,18,20-23,27-30H,8,10H2,1-2H3/t18-,20-,21+,22-,23+/m1/s1. The fraction of sp³-hybridized carbons (Fsp3) is 0.391. The predicted molar refractivity (Wildman–Crippen MR) is 116 cm³/mol. The van der Waals surface area contributed by atoms with Crippen LogP contribution in [-0.2, 0) is 11.3 Å². The molecule has 0 aliphatic carbocycles. The van der Waals surface area contributed by atoms with Gasteiger partial charge in [0.05, 0.1) is 30.8 Å². The number of benzene rings is 2. The predicted octanol–water partition coefficient (Wildman–Crippen LogP) is 2.31. The number of methoxy groups -OCH3 is 1. The molecule has 4 rings (SSSR count). The van der Waals surface area contributed by atoms with Crippen LogP contribution >= 0.6 is 11.6 Å². The molecule has 32 heavy (non-hydrogen) atoms. The van der Waals surface area contributed by atoms with E-state index < -0.39 is 42.9 Å². The second-order valence-electron chi connectivity index (χ2n) is 8.06. The van der Waals surface area contributed by atoms with Gasteiger partial charge in [0.1, 0.15) is 42.1 Å². The van der Waals surface area contributed by atoms with Crippen LogP contribution in [0.5, 0.6) is 5.75 Å². The summed E-state index contributed by atoms with van der Waals surface area (Å²) in [5.74, 6) is -0.0388. The quantitative estimate of drug-likeness (QED) is 0.461. The number of fused-ring (bicyclic) bond motifs is 1. The van der Waals surface area contributed by atoms with Crippen molar-refractivity contribution in [2.45, 2.75) is 44.0 Å². The van der Waals surface area contributed by atoms with Gasteiger partial charge in [-0.25, -0.2) is 4.39 Å². The van der Waals surface area contributed by atoms with E-state index in [1.807, 2.05) is 13.0 Å². The number of ether oxygens (including phenoxy) is 2. The zero-order chi connectivity index (χ0) is 23.2. The van der Waals surface area contributed by atoms with Gasteiger partial charge in [-0.3, -0.25) is 0 Å². The molecule has 0 bridgehead atoms. The molecule has 1 saturated heterocycles. The fourth-order valence-electron chi connectivity index (χ4n) is 4.23. The van der Waals surface area contributed by atoms with Gasteiger partial charge in [-0.1, -0.05) is 17.7 Å². The summed E-state index contributed by atoms with van der Waals surface area (Å²) in [4.78, 5) is 0. The topological polar surface area (TPSA) is 104 Å². The lowest BCUT2D eigenvalue weighted by atomic mass is 9.91. The van der Waals surface area contributed by atoms with Crippen LogP contribution in [0.1, 0.15) is 22.8 Å². The number of hydrogen-bond donors (Lipinski definition) is 4. The first-order valence-corrected chi connectivity index (χ1v) is 10.5. The molecule has 1 aromatic heterocycles. The van der Waals surface area contributed by atoms with Crippen LogP contribution in [0.3, 0.4) is 0 Å². The summed E-state index contributed by atoms with van der Waals surface area (Å²) in [5, 5.41) is 41.7. The minimum absolute atomic E-state index is 0.145. The van der Waals surface area contributed by atoms with Gasteiger partial charge in [0.2, 0.25) is 0 Å². The van der Waals surface area contributed by atoms with E-state index >= 15 is 0 Å². The Morgan fingerprint density at radius 2 is 1.88 bits per heavy atom. The average Bonchev–Trinajstić information content (AvgIpc) is 3.11. The molecule has 2 heterocycles. The first-order chi connectivity index (χ1) is 15.2. The number of aliphatic hydroxyl groups is 4. The summed E-state index contributed by atoms with van der Waals surface area (Å²) >= 11 is 6.55. The number of nitrogens with zero attached hydrogens (tertiary/aromatic N) is 1. The van der Waals surface area contributed by atoms with Crippen molar-refractivity contribution in [2.75, 3.05) is 13.7 Å². The van der Waals surface area contributed by atoms with Crippen LogP contribution in [0.15, 0.2) is 36.5 Å². The smallest absolute Gasteiger partial charge is 0.131 e. The molecule has 9 heteroatoms. The second-order valence-corrected chi connectivity index (χ2v) is 8.47. The number of rotatable bonds is 5. The molecule has 0 radical (unpaired) electrons. The number of aromatic nitrogens is 1. The third kappa shape index (κ3) is 3.98. The SMILES string of the molecule is COc1ccc(Cn2cc([C@@H]3O[C@H](CO)[C@@H](O)[C@H](O)[C@H]3O)c3cc(C)cc(Cl)c32)c(F)c1. The molecule has 1 aliphatic heterocycles. The van der Waals surface area contributed by atoms with Crippen molar-refractivity contribution in [3.05, 3.63) is 64.1 Å². The third-order valence-corrected chi connectivity index (χ3v) is 6.19.